The number of aromatic nitrogens is 1. The minimum absolute atomic E-state index is 0.388. The van der Waals surface area contributed by atoms with Crippen molar-refractivity contribution < 1.29 is 4.52 Å². The van der Waals surface area contributed by atoms with Crippen LogP contribution in [-0.4, -0.2) is 24.2 Å². The SMILES string of the molecule is CCCCCC(C)NC(=NC)NCc1cc(C(C)C)no1. The average molecular weight is 294 g/mol. The van der Waals surface area contributed by atoms with E-state index in [4.69, 9.17) is 4.52 Å². The second-order valence-electron chi connectivity index (χ2n) is 5.84. The first kappa shape index (κ1) is 17.5. The van der Waals surface area contributed by atoms with Gasteiger partial charge in [-0.1, -0.05) is 45.2 Å². The largest absolute Gasteiger partial charge is 0.359 e. The Kier molecular flexibility index (Phi) is 7.87. The summed E-state index contributed by atoms with van der Waals surface area (Å²) >= 11 is 0. The molecule has 1 aromatic heterocycles. The Bertz CT molecular complexity index is 426. The van der Waals surface area contributed by atoms with Crippen LogP contribution >= 0.6 is 0 Å². The van der Waals surface area contributed by atoms with E-state index in [0.29, 0.717) is 18.5 Å². The second-order valence-corrected chi connectivity index (χ2v) is 5.84. The maximum absolute atomic E-state index is 5.31. The Balaban J connectivity index is 2.36. The zero-order valence-corrected chi connectivity index (χ0v) is 14.1. The van der Waals surface area contributed by atoms with Gasteiger partial charge in [0.05, 0.1) is 12.2 Å². The maximum Gasteiger partial charge on any atom is 0.191 e. The van der Waals surface area contributed by atoms with E-state index < -0.39 is 0 Å². The molecule has 2 N–H and O–H groups in total. The fourth-order valence-corrected chi connectivity index (χ4v) is 2.06. The lowest BCUT2D eigenvalue weighted by molar-refractivity contribution is 0.371. The third-order valence-electron chi connectivity index (χ3n) is 3.45. The summed E-state index contributed by atoms with van der Waals surface area (Å²) in [6, 6.07) is 2.42. The van der Waals surface area contributed by atoms with E-state index in [0.717, 1.165) is 23.8 Å². The highest BCUT2D eigenvalue weighted by Crippen LogP contribution is 2.13. The molecule has 5 nitrogen and oxygen atoms in total. The molecule has 21 heavy (non-hydrogen) atoms. The highest BCUT2D eigenvalue weighted by atomic mass is 16.5. The van der Waals surface area contributed by atoms with Crippen LogP contribution < -0.4 is 10.6 Å². The molecule has 0 aromatic carbocycles. The van der Waals surface area contributed by atoms with Crippen LogP contribution in [0.5, 0.6) is 0 Å². The van der Waals surface area contributed by atoms with Gasteiger partial charge in [-0.3, -0.25) is 4.99 Å². The van der Waals surface area contributed by atoms with Gasteiger partial charge < -0.3 is 15.2 Å². The molecule has 0 spiro atoms. The molecule has 1 rings (SSSR count). The van der Waals surface area contributed by atoms with Crippen molar-refractivity contribution >= 4 is 5.96 Å². The molecule has 0 fully saturated rings. The number of hydrogen-bond donors (Lipinski definition) is 2. The highest BCUT2D eigenvalue weighted by Gasteiger charge is 2.09. The molecule has 1 heterocycles. The predicted molar refractivity (Wildman–Crippen MR) is 87.5 cm³/mol. The molecule has 0 aliphatic carbocycles. The smallest absolute Gasteiger partial charge is 0.191 e. The summed E-state index contributed by atoms with van der Waals surface area (Å²) in [5.74, 6) is 2.03. The molecule has 0 saturated carbocycles. The van der Waals surface area contributed by atoms with Crippen molar-refractivity contribution in [2.45, 2.75) is 71.9 Å². The van der Waals surface area contributed by atoms with Gasteiger partial charge >= 0.3 is 0 Å². The molecular formula is C16H30N4O. The van der Waals surface area contributed by atoms with E-state index in [-0.39, 0.29) is 0 Å². The highest BCUT2D eigenvalue weighted by molar-refractivity contribution is 5.79. The van der Waals surface area contributed by atoms with Crippen molar-refractivity contribution in [1.82, 2.24) is 15.8 Å². The Morgan fingerprint density at radius 3 is 2.67 bits per heavy atom. The van der Waals surface area contributed by atoms with E-state index in [1.165, 1.54) is 19.3 Å². The van der Waals surface area contributed by atoms with E-state index in [2.05, 4.69) is 48.5 Å². The summed E-state index contributed by atoms with van der Waals surface area (Å²) in [5, 5.41) is 10.7. The molecular weight excluding hydrogens is 264 g/mol. The predicted octanol–water partition coefficient (Wildman–Crippen LogP) is 3.43. The molecule has 1 atom stereocenters. The van der Waals surface area contributed by atoms with Gasteiger partial charge in [-0.15, -0.1) is 0 Å². The van der Waals surface area contributed by atoms with Crippen molar-refractivity contribution in [3.05, 3.63) is 17.5 Å². The molecule has 1 aromatic rings. The number of unbranched alkanes of at least 4 members (excludes halogenated alkanes) is 2. The van der Waals surface area contributed by atoms with Gasteiger partial charge in [-0.2, -0.15) is 0 Å². The van der Waals surface area contributed by atoms with E-state index in [9.17, 15) is 0 Å². The van der Waals surface area contributed by atoms with Gasteiger partial charge in [-0.05, 0) is 19.3 Å². The van der Waals surface area contributed by atoms with Crippen molar-refractivity contribution in [3.63, 3.8) is 0 Å². The number of aliphatic imine (C=N–C) groups is 1. The standard InChI is InChI=1S/C16H30N4O/c1-6-7-8-9-13(4)19-16(17-5)18-11-14-10-15(12(2)3)20-21-14/h10,12-13H,6-9,11H2,1-5H3,(H2,17,18,19). The lowest BCUT2D eigenvalue weighted by atomic mass is 10.1. The minimum Gasteiger partial charge on any atom is -0.359 e. The van der Waals surface area contributed by atoms with Crippen molar-refractivity contribution in [1.29, 1.82) is 0 Å². The Labute approximate surface area is 128 Å². The summed E-state index contributed by atoms with van der Waals surface area (Å²) in [6.07, 6.45) is 4.95. The van der Waals surface area contributed by atoms with Gasteiger partial charge in [0.25, 0.3) is 0 Å². The Hall–Kier alpha value is -1.52. The van der Waals surface area contributed by atoms with Crippen molar-refractivity contribution in [2.75, 3.05) is 7.05 Å². The van der Waals surface area contributed by atoms with Crippen molar-refractivity contribution in [2.24, 2.45) is 4.99 Å². The molecule has 0 amide bonds. The zero-order chi connectivity index (χ0) is 15.7. The summed E-state index contributed by atoms with van der Waals surface area (Å²) in [6.45, 7) is 9.22. The van der Waals surface area contributed by atoms with Crippen LogP contribution in [0, 0.1) is 0 Å². The summed E-state index contributed by atoms with van der Waals surface area (Å²) in [4.78, 5) is 4.25. The normalized spacial score (nSPS) is 13.5. The molecule has 1 unspecified atom stereocenters. The Morgan fingerprint density at radius 2 is 2.10 bits per heavy atom. The maximum atomic E-state index is 5.31. The molecule has 120 valence electrons. The summed E-state index contributed by atoms with van der Waals surface area (Å²) < 4.78 is 5.31. The quantitative estimate of drug-likeness (QED) is 0.438. The molecule has 0 aliphatic heterocycles. The van der Waals surface area contributed by atoms with E-state index in [1.807, 2.05) is 6.07 Å². The minimum atomic E-state index is 0.388. The van der Waals surface area contributed by atoms with Crippen LogP contribution in [0.15, 0.2) is 15.6 Å². The monoisotopic (exact) mass is 294 g/mol. The topological polar surface area (TPSA) is 62.5 Å². The average Bonchev–Trinajstić information content (AvgIpc) is 2.92. The van der Waals surface area contributed by atoms with E-state index >= 15 is 0 Å². The third-order valence-corrected chi connectivity index (χ3v) is 3.45. The Morgan fingerprint density at radius 1 is 1.33 bits per heavy atom. The molecule has 0 saturated heterocycles. The van der Waals surface area contributed by atoms with Gasteiger partial charge in [-0.25, -0.2) is 0 Å². The van der Waals surface area contributed by atoms with Crippen LogP contribution in [0.1, 0.15) is 70.8 Å². The van der Waals surface area contributed by atoms with Crippen molar-refractivity contribution in [3.8, 4) is 0 Å². The molecule has 0 aliphatic rings. The number of nitrogens with zero attached hydrogens (tertiary/aromatic N) is 2. The summed E-state index contributed by atoms with van der Waals surface area (Å²) in [7, 11) is 1.79. The van der Waals surface area contributed by atoms with Crippen LogP contribution in [0.25, 0.3) is 0 Å². The number of rotatable bonds is 8. The third kappa shape index (κ3) is 6.65. The number of guanidine groups is 1. The summed E-state index contributed by atoms with van der Waals surface area (Å²) in [5.41, 5.74) is 0.989. The van der Waals surface area contributed by atoms with Gasteiger partial charge in [0.2, 0.25) is 0 Å². The van der Waals surface area contributed by atoms with Gasteiger partial charge in [0.1, 0.15) is 0 Å². The fraction of sp³-hybridized carbons (Fsp3) is 0.750. The lowest BCUT2D eigenvalue weighted by Crippen LogP contribution is -2.41. The fourth-order valence-electron chi connectivity index (χ4n) is 2.06. The first-order chi connectivity index (χ1) is 10.1. The zero-order valence-electron chi connectivity index (χ0n) is 14.1. The molecule has 5 heteroatoms. The first-order valence-electron chi connectivity index (χ1n) is 7.99. The van der Waals surface area contributed by atoms with Crippen LogP contribution in [0.3, 0.4) is 0 Å². The number of nitrogens with one attached hydrogen (secondary N) is 2. The van der Waals surface area contributed by atoms with Crippen LogP contribution in [0.2, 0.25) is 0 Å². The lowest BCUT2D eigenvalue weighted by Gasteiger charge is -2.17. The van der Waals surface area contributed by atoms with Gasteiger partial charge in [0, 0.05) is 19.2 Å². The van der Waals surface area contributed by atoms with Gasteiger partial charge in [0.15, 0.2) is 11.7 Å². The van der Waals surface area contributed by atoms with Crippen LogP contribution in [0.4, 0.5) is 0 Å². The van der Waals surface area contributed by atoms with Crippen LogP contribution in [-0.2, 0) is 6.54 Å². The second kappa shape index (κ2) is 9.42. The molecule has 0 radical (unpaired) electrons. The number of hydrogen-bond acceptors (Lipinski definition) is 3. The first-order valence-corrected chi connectivity index (χ1v) is 7.99. The van der Waals surface area contributed by atoms with E-state index in [1.54, 1.807) is 7.05 Å². The molecule has 0 bridgehead atoms.